The third-order valence-electron chi connectivity index (χ3n) is 4.91. The van der Waals surface area contributed by atoms with Gasteiger partial charge in [-0.1, -0.05) is 38.1 Å². The van der Waals surface area contributed by atoms with E-state index in [0.717, 1.165) is 13.1 Å². The van der Waals surface area contributed by atoms with Gasteiger partial charge in [-0.3, -0.25) is 4.90 Å². The molecule has 0 bridgehead atoms. The lowest BCUT2D eigenvalue weighted by molar-refractivity contribution is 0.0406. The molecule has 2 nitrogen and oxygen atoms in total. The summed E-state index contributed by atoms with van der Waals surface area (Å²) in [5.74, 6) is 0. The van der Waals surface area contributed by atoms with Gasteiger partial charge in [0.1, 0.15) is 0 Å². The van der Waals surface area contributed by atoms with Crippen LogP contribution in [0.2, 0.25) is 0 Å². The Morgan fingerprint density at radius 2 is 2.05 bits per heavy atom. The van der Waals surface area contributed by atoms with E-state index >= 15 is 0 Å². The quantitative estimate of drug-likeness (QED) is 0.880. The van der Waals surface area contributed by atoms with Crippen molar-refractivity contribution in [3.8, 4) is 0 Å². The zero-order chi connectivity index (χ0) is 13.9. The van der Waals surface area contributed by atoms with E-state index in [0.29, 0.717) is 6.04 Å². The number of nitrogens with zero attached hydrogens (tertiary/aromatic N) is 1. The maximum Gasteiger partial charge on any atom is 0.0588 e. The lowest BCUT2D eigenvalue weighted by Crippen LogP contribution is -2.56. The largest absolute Gasteiger partial charge is 0.328 e. The average molecular weight is 260 g/mol. The Bertz CT molecular complexity index is 415. The van der Waals surface area contributed by atoms with E-state index in [4.69, 9.17) is 5.73 Å². The molecule has 2 heteroatoms. The van der Waals surface area contributed by atoms with Gasteiger partial charge in [0.25, 0.3) is 0 Å². The Morgan fingerprint density at radius 3 is 2.68 bits per heavy atom. The Labute approximate surface area is 118 Å². The maximum absolute atomic E-state index is 6.28. The van der Waals surface area contributed by atoms with Crippen molar-refractivity contribution in [2.45, 2.75) is 58.0 Å². The number of hydrogen-bond donors (Lipinski definition) is 1. The molecule has 0 saturated heterocycles. The van der Waals surface area contributed by atoms with Gasteiger partial charge in [0.05, 0.1) is 5.54 Å². The predicted molar refractivity (Wildman–Crippen MR) is 82.2 cm³/mol. The molecule has 19 heavy (non-hydrogen) atoms. The van der Waals surface area contributed by atoms with E-state index in [1.165, 1.54) is 36.8 Å². The molecule has 2 unspecified atom stereocenters. The summed E-state index contributed by atoms with van der Waals surface area (Å²) < 4.78 is 0. The Kier molecular flexibility index (Phi) is 4.64. The smallest absolute Gasteiger partial charge is 0.0588 e. The van der Waals surface area contributed by atoms with Gasteiger partial charge in [-0.2, -0.15) is 0 Å². The van der Waals surface area contributed by atoms with Crippen LogP contribution in [0.1, 0.15) is 51.2 Å². The first-order valence-corrected chi connectivity index (χ1v) is 7.74. The minimum absolute atomic E-state index is 0.0546. The monoisotopic (exact) mass is 260 g/mol. The SMILES string of the molecule is CCC(C)N(CC)C1(CN)CCCc2ccccc21. The van der Waals surface area contributed by atoms with Gasteiger partial charge >= 0.3 is 0 Å². The number of fused-ring (bicyclic) bond motifs is 1. The van der Waals surface area contributed by atoms with Crippen LogP contribution < -0.4 is 5.73 Å². The van der Waals surface area contributed by atoms with Crippen LogP contribution in [0.3, 0.4) is 0 Å². The van der Waals surface area contributed by atoms with Gasteiger partial charge in [0.15, 0.2) is 0 Å². The molecule has 0 spiro atoms. The predicted octanol–water partition coefficient (Wildman–Crippen LogP) is 3.30. The van der Waals surface area contributed by atoms with Crippen molar-refractivity contribution in [3.63, 3.8) is 0 Å². The number of rotatable bonds is 5. The van der Waals surface area contributed by atoms with Gasteiger partial charge < -0.3 is 5.73 Å². The topological polar surface area (TPSA) is 29.3 Å². The van der Waals surface area contributed by atoms with Crippen LogP contribution in [0.15, 0.2) is 24.3 Å². The summed E-state index contributed by atoms with van der Waals surface area (Å²) in [6.07, 6.45) is 4.83. The fourth-order valence-corrected chi connectivity index (χ4v) is 3.78. The molecule has 0 heterocycles. The van der Waals surface area contributed by atoms with Crippen LogP contribution in [0, 0.1) is 0 Å². The highest BCUT2D eigenvalue weighted by Gasteiger charge is 2.41. The fraction of sp³-hybridized carbons (Fsp3) is 0.647. The van der Waals surface area contributed by atoms with E-state index in [1.807, 2.05) is 0 Å². The normalized spacial score (nSPS) is 24.3. The van der Waals surface area contributed by atoms with Crippen LogP contribution in [0.25, 0.3) is 0 Å². The molecular weight excluding hydrogens is 232 g/mol. The summed E-state index contributed by atoms with van der Waals surface area (Å²) in [5, 5.41) is 0. The molecule has 2 atom stereocenters. The minimum Gasteiger partial charge on any atom is -0.328 e. The second kappa shape index (κ2) is 6.06. The first-order chi connectivity index (χ1) is 9.19. The van der Waals surface area contributed by atoms with Gasteiger partial charge in [-0.15, -0.1) is 0 Å². The van der Waals surface area contributed by atoms with Crippen LogP contribution in [-0.4, -0.2) is 24.0 Å². The Balaban J connectivity index is 2.48. The molecule has 0 aliphatic heterocycles. The van der Waals surface area contributed by atoms with Crippen molar-refractivity contribution in [1.82, 2.24) is 4.90 Å². The summed E-state index contributed by atoms with van der Waals surface area (Å²) in [7, 11) is 0. The van der Waals surface area contributed by atoms with Crippen molar-refractivity contribution < 1.29 is 0 Å². The highest BCUT2D eigenvalue weighted by molar-refractivity contribution is 5.37. The van der Waals surface area contributed by atoms with E-state index < -0.39 is 0 Å². The zero-order valence-corrected chi connectivity index (χ0v) is 12.7. The molecule has 0 fully saturated rings. The van der Waals surface area contributed by atoms with Crippen molar-refractivity contribution in [2.24, 2.45) is 5.73 Å². The third kappa shape index (κ3) is 2.44. The zero-order valence-electron chi connectivity index (χ0n) is 12.7. The first-order valence-electron chi connectivity index (χ1n) is 7.74. The molecule has 0 amide bonds. The maximum atomic E-state index is 6.28. The fourth-order valence-electron chi connectivity index (χ4n) is 3.78. The second-order valence-electron chi connectivity index (χ2n) is 5.79. The van der Waals surface area contributed by atoms with Gasteiger partial charge in [0, 0.05) is 12.6 Å². The average Bonchev–Trinajstić information content (AvgIpc) is 2.47. The molecule has 1 aliphatic rings. The van der Waals surface area contributed by atoms with Gasteiger partial charge in [-0.25, -0.2) is 0 Å². The van der Waals surface area contributed by atoms with Crippen molar-refractivity contribution >= 4 is 0 Å². The second-order valence-corrected chi connectivity index (χ2v) is 5.79. The van der Waals surface area contributed by atoms with Crippen LogP contribution in [0.4, 0.5) is 0 Å². The molecular formula is C17H28N2. The highest BCUT2D eigenvalue weighted by atomic mass is 15.2. The summed E-state index contributed by atoms with van der Waals surface area (Å²) in [5.41, 5.74) is 9.31. The van der Waals surface area contributed by atoms with E-state index in [-0.39, 0.29) is 5.54 Å². The highest BCUT2D eigenvalue weighted by Crippen LogP contribution is 2.40. The van der Waals surface area contributed by atoms with Crippen LogP contribution in [-0.2, 0) is 12.0 Å². The summed E-state index contributed by atoms with van der Waals surface area (Å²) >= 11 is 0. The number of hydrogen-bond acceptors (Lipinski definition) is 2. The molecule has 0 saturated carbocycles. The third-order valence-corrected chi connectivity index (χ3v) is 4.91. The summed E-state index contributed by atoms with van der Waals surface area (Å²) in [4.78, 5) is 2.63. The number of aryl methyl sites for hydroxylation is 1. The molecule has 1 aromatic rings. The van der Waals surface area contributed by atoms with Crippen molar-refractivity contribution in [1.29, 1.82) is 0 Å². The van der Waals surface area contributed by atoms with Gasteiger partial charge in [-0.05, 0) is 50.3 Å². The molecule has 1 aliphatic carbocycles. The minimum atomic E-state index is 0.0546. The van der Waals surface area contributed by atoms with Crippen molar-refractivity contribution in [3.05, 3.63) is 35.4 Å². The number of benzene rings is 1. The number of nitrogens with two attached hydrogens (primary N) is 1. The van der Waals surface area contributed by atoms with Crippen molar-refractivity contribution in [2.75, 3.05) is 13.1 Å². The Hall–Kier alpha value is -0.860. The molecule has 2 rings (SSSR count). The molecule has 0 aromatic heterocycles. The lowest BCUT2D eigenvalue weighted by atomic mass is 9.74. The molecule has 106 valence electrons. The van der Waals surface area contributed by atoms with E-state index in [9.17, 15) is 0 Å². The molecule has 1 aromatic carbocycles. The summed E-state index contributed by atoms with van der Waals surface area (Å²) in [6.45, 7) is 8.66. The van der Waals surface area contributed by atoms with Gasteiger partial charge in [0.2, 0.25) is 0 Å². The number of likely N-dealkylation sites (N-methyl/N-ethyl adjacent to an activating group) is 1. The van der Waals surface area contributed by atoms with Crippen LogP contribution >= 0.6 is 0 Å². The molecule has 2 N–H and O–H groups in total. The van der Waals surface area contributed by atoms with E-state index in [2.05, 4.69) is 49.9 Å². The lowest BCUT2D eigenvalue weighted by Gasteiger charge is -2.49. The summed E-state index contributed by atoms with van der Waals surface area (Å²) in [6, 6.07) is 9.49. The Morgan fingerprint density at radius 1 is 1.32 bits per heavy atom. The van der Waals surface area contributed by atoms with Crippen LogP contribution in [0.5, 0.6) is 0 Å². The first kappa shape index (κ1) is 14.5. The molecule has 0 radical (unpaired) electrons. The standard InChI is InChI=1S/C17H28N2/c1-4-14(3)19(5-2)17(13-18)12-8-10-15-9-6-7-11-16(15)17/h6-7,9,11,14H,4-5,8,10,12-13,18H2,1-3H3. The van der Waals surface area contributed by atoms with E-state index in [1.54, 1.807) is 0 Å².